The van der Waals surface area contributed by atoms with Crippen molar-refractivity contribution < 1.29 is 8.78 Å². The maximum atomic E-state index is 13.3. The smallest absolute Gasteiger partial charge is 0.159 e. The molecule has 1 atom stereocenters. The highest BCUT2D eigenvalue weighted by atomic mass is 79.9. The molecule has 0 aliphatic carbocycles. The van der Waals surface area contributed by atoms with Crippen LogP contribution < -0.4 is 5.32 Å². The van der Waals surface area contributed by atoms with E-state index in [0.717, 1.165) is 28.3 Å². The molecule has 3 nitrogen and oxygen atoms in total. The Morgan fingerprint density at radius 1 is 1.35 bits per heavy atom. The van der Waals surface area contributed by atoms with Crippen LogP contribution in [0.25, 0.3) is 0 Å². The van der Waals surface area contributed by atoms with E-state index in [-0.39, 0.29) is 6.04 Å². The second kappa shape index (κ2) is 6.45. The van der Waals surface area contributed by atoms with Crippen molar-refractivity contribution in [3.63, 3.8) is 0 Å². The van der Waals surface area contributed by atoms with E-state index in [1.165, 1.54) is 6.07 Å². The molecule has 1 aromatic carbocycles. The molecule has 0 radical (unpaired) electrons. The van der Waals surface area contributed by atoms with Crippen molar-refractivity contribution in [3.8, 4) is 0 Å². The molecule has 1 aromatic heterocycles. The summed E-state index contributed by atoms with van der Waals surface area (Å²) in [6, 6.07) is 3.98. The number of likely N-dealkylation sites (N-methyl/N-ethyl adjacent to an activating group) is 1. The summed E-state index contributed by atoms with van der Waals surface area (Å²) in [4.78, 5) is 0. The van der Waals surface area contributed by atoms with Crippen LogP contribution in [0.3, 0.4) is 0 Å². The van der Waals surface area contributed by atoms with Crippen LogP contribution in [0, 0.1) is 11.6 Å². The molecule has 6 heteroatoms. The largest absolute Gasteiger partial charge is 0.309 e. The van der Waals surface area contributed by atoms with Crippen molar-refractivity contribution in [1.82, 2.24) is 15.1 Å². The molecule has 0 saturated heterocycles. The minimum Gasteiger partial charge on any atom is -0.309 e. The van der Waals surface area contributed by atoms with Crippen LogP contribution in [0.15, 0.2) is 28.9 Å². The van der Waals surface area contributed by atoms with Gasteiger partial charge >= 0.3 is 0 Å². The van der Waals surface area contributed by atoms with Gasteiger partial charge in [-0.05, 0) is 46.6 Å². The number of aromatic nitrogens is 2. The minimum atomic E-state index is -0.824. The molecule has 1 N–H and O–H groups in total. The number of hydrogen-bond donors (Lipinski definition) is 1. The topological polar surface area (TPSA) is 29.9 Å². The molecule has 0 aliphatic heterocycles. The lowest BCUT2D eigenvalue weighted by molar-refractivity contribution is 0.492. The number of aryl methyl sites for hydroxylation is 1. The first kappa shape index (κ1) is 15.1. The molecule has 0 bridgehead atoms. The average Bonchev–Trinajstić information content (AvgIpc) is 2.73. The summed E-state index contributed by atoms with van der Waals surface area (Å²) < 4.78 is 28.9. The Balaban J connectivity index is 2.28. The lowest BCUT2D eigenvalue weighted by atomic mass is 10.0. The molecule has 0 saturated carbocycles. The van der Waals surface area contributed by atoms with E-state index < -0.39 is 11.6 Å². The van der Waals surface area contributed by atoms with Crippen molar-refractivity contribution in [2.75, 3.05) is 6.54 Å². The van der Waals surface area contributed by atoms with Gasteiger partial charge in [0.05, 0.1) is 22.4 Å². The van der Waals surface area contributed by atoms with Crippen LogP contribution in [0.4, 0.5) is 8.78 Å². The zero-order valence-electron chi connectivity index (χ0n) is 11.3. The molecule has 20 heavy (non-hydrogen) atoms. The zero-order valence-corrected chi connectivity index (χ0v) is 12.9. The van der Waals surface area contributed by atoms with Crippen molar-refractivity contribution >= 4 is 15.9 Å². The molecule has 0 amide bonds. The Hall–Kier alpha value is -1.27. The first-order chi connectivity index (χ1) is 9.52. The van der Waals surface area contributed by atoms with Gasteiger partial charge in [-0.15, -0.1) is 0 Å². The number of halogens is 3. The minimum absolute atomic E-state index is 0.0215. The van der Waals surface area contributed by atoms with Gasteiger partial charge < -0.3 is 5.32 Å². The van der Waals surface area contributed by atoms with Crippen LogP contribution in [-0.2, 0) is 13.5 Å². The quantitative estimate of drug-likeness (QED) is 0.902. The van der Waals surface area contributed by atoms with Gasteiger partial charge in [0.25, 0.3) is 0 Å². The van der Waals surface area contributed by atoms with Crippen LogP contribution in [-0.4, -0.2) is 16.3 Å². The fourth-order valence-electron chi connectivity index (χ4n) is 2.23. The molecule has 2 aromatic rings. The molecule has 0 aliphatic rings. The fraction of sp³-hybridized carbons (Fsp3) is 0.357. The first-order valence-electron chi connectivity index (χ1n) is 6.37. The van der Waals surface area contributed by atoms with Gasteiger partial charge in [0.2, 0.25) is 0 Å². The monoisotopic (exact) mass is 343 g/mol. The van der Waals surface area contributed by atoms with Gasteiger partial charge in [0, 0.05) is 7.05 Å². The van der Waals surface area contributed by atoms with E-state index in [2.05, 4.69) is 26.3 Å². The molecular weight excluding hydrogens is 328 g/mol. The molecule has 2 rings (SSSR count). The highest BCUT2D eigenvalue weighted by Crippen LogP contribution is 2.26. The van der Waals surface area contributed by atoms with Gasteiger partial charge in [0.1, 0.15) is 0 Å². The number of nitrogens with zero attached hydrogens (tertiary/aromatic N) is 2. The SMILES string of the molecule is CCNC(Cc1ccc(F)c(F)c1)c1c(Br)cnn1C. The summed E-state index contributed by atoms with van der Waals surface area (Å²) in [6.45, 7) is 2.77. The van der Waals surface area contributed by atoms with E-state index in [1.54, 1.807) is 16.9 Å². The van der Waals surface area contributed by atoms with Gasteiger partial charge in [-0.3, -0.25) is 4.68 Å². The Morgan fingerprint density at radius 3 is 2.65 bits per heavy atom. The first-order valence-corrected chi connectivity index (χ1v) is 7.17. The van der Waals surface area contributed by atoms with Crippen molar-refractivity contribution in [2.24, 2.45) is 7.05 Å². The molecule has 108 valence electrons. The van der Waals surface area contributed by atoms with Gasteiger partial charge in [-0.25, -0.2) is 8.78 Å². The summed E-state index contributed by atoms with van der Waals surface area (Å²) in [5.41, 5.74) is 1.72. The van der Waals surface area contributed by atoms with E-state index >= 15 is 0 Å². The summed E-state index contributed by atoms with van der Waals surface area (Å²) in [7, 11) is 1.86. The van der Waals surface area contributed by atoms with E-state index in [9.17, 15) is 8.78 Å². The van der Waals surface area contributed by atoms with Gasteiger partial charge in [0.15, 0.2) is 11.6 Å². The molecule has 1 heterocycles. The maximum Gasteiger partial charge on any atom is 0.159 e. The predicted molar refractivity (Wildman–Crippen MR) is 77.4 cm³/mol. The van der Waals surface area contributed by atoms with Crippen LogP contribution >= 0.6 is 15.9 Å². The average molecular weight is 344 g/mol. The maximum absolute atomic E-state index is 13.3. The third kappa shape index (κ3) is 3.24. The van der Waals surface area contributed by atoms with Crippen molar-refractivity contribution in [3.05, 3.63) is 51.8 Å². The normalized spacial score (nSPS) is 12.7. The summed E-state index contributed by atoms with van der Waals surface area (Å²) in [5.74, 6) is -1.64. The third-order valence-corrected chi connectivity index (χ3v) is 3.75. The van der Waals surface area contributed by atoms with E-state index in [4.69, 9.17) is 0 Å². The second-order valence-electron chi connectivity index (χ2n) is 4.56. The predicted octanol–water partition coefficient (Wildman–Crippen LogP) is 3.35. The van der Waals surface area contributed by atoms with Crippen molar-refractivity contribution in [2.45, 2.75) is 19.4 Å². The third-order valence-electron chi connectivity index (χ3n) is 3.14. The summed E-state index contributed by atoms with van der Waals surface area (Å²) in [6.07, 6.45) is 2.29. The number of rotatable bonds is 5. The highest BCUT2D eigenvalue weighted by Gasteiger charge is 2.19. The standard InChI is InChI=1S/C14H16BrF2N3/c1-3-18-13(14-10(15)8-19-20(14)2)7-9-4-5-11(16)12(17)6-9/h4-6,8,13,18H,3,7H2,1-2H3. The van der Waals surface area contributed by atoms with Crippen molar-refractivity contribution in [1.29, 1.82) is 0 Å². The van der Waals surface area contributed by atoms with Gasteiger partial charge in [-0.1, -0.05) is 13.0 Å². The zero-order chi connectivity index (χ0) is 14.7. The summed E-state index contributed by atoms with van der Waals surface area (Å²) in [5, 5.41) is 7.53. The molecule has 0 fully saturated rings. The Kier molecular flexibility index (Phi) is 4.88. The van der Waals surface area contributed by atoms with Crippen LogP contribution in [0.1, 0.15) is 24.2 Å². The Morgan fingerprint density at radius 2 is 2.10 bits per heavy atom. The van der Waals surface area contributed by atoms with Crippen LogP contribution in [0.2, 0.25) is 0 Å². The van der Waals surface area contributed by atoms with E-state index in [0.29, 0.717) is 6.42 Å². The fourth-order valence-corrected chi connectivity index (χ4v) is 2.85. The molecule has 0 spiro atoms. The summed E-state index contributed by atoms with van der Waals surface area (Å²) >= 11 is 3.47. The lowest BCUT2D eigenvalue weighted by Crippen LogP contribution is -2.25. The number of benzene rings is 1. The highest BCUT2D eigenvalue weighted by molar-refractivity contribution is 9.10. The number of hydrogen-bond acceptors (Lipinski definition) is 2. The lowest BCUT2D eigenvalue weighted by Gasteiger charge is -2.19. The Labute approximate surface area is 125 Å². The molecular formula is C14H16BrF2N3. The number of nitrogens with one attached hydrogen (secondary N) is 1. The second-order valence-corrected chi connectivity index (χ2v) is 5.42. The van der Waals surface area contributed by atoms with E-state index in [1.807, 2.05) is 14.0 Å². The Bertz CT molecular complexity index is 579. The van der Waals surface area contributed by atoms with Crippen LogP contribution in [0.5, 0.6) is 0 Å². The molecule has 1 unspecified atom stereocenters. The van der Waals surface area contributed by atoms with Gasteiger partial charge in [-0.2, -0.15) is 5.10 Å².